The quantitative estimate of drug-likeness (QED) is 0.179. The van der Waals surface area contributed by atoms with Crippen LogP contribution in [0.1, 0.15) is 59.4 Å². The molecule has 0 bridgehead atoms. The molecule has 0 N–H and O–H groups in total. The van der Waals surface area contributed by atoms with Crippen LogP contribution in [0.2, 0.25) is 0 Å². The first-order chi connectivity index (χ1) is 17.6. The minimum absolute atomic E-state index is 0.110. The van der Waals surface area contributed by atoms with Crippen molar-refractivity contribution in [3.63, 3.8) is 0 Å². The zero-order valence-electron chi connectivity index (χ0n) is 23.0. The highest BCUT2D eigenvalue weighted by Gasteiger charge is 2.26. The number of allylic oxidation sites excluding steroid dienone is 9. The molecule has 0 saturated heterocycles. The summed E-state index contributed by atoms with van der Waals surface area (Å²) in [5.74, 6) is -0.486. The maximum absolute atomic E-state index is 11.8. The lowest BCUT2D eigenvalue weighted by atomic mass is 9.72. The van der Waals surface area contributed by atoms with Crippen LogP contribution >= 0.6 is 0 Å². The number of methoxy groups -OCH3 is 1. The van der Waals surface area contributed by atoms with E-state index in [9.17, 15) is 9.59 Å². The van der Waals surface area contributed by atoms with Crippen molar-refractivity contribution in [2.75, 3.05) is 20.3 Å². The zero-order valence-corrected chi connectivity index (χ0v) is 23.0. The summed E-state index contributed by atoms with van der Waals surface area (Å²) < 4.78 is 15.1. The van der Waals surface area contributed by atoms with E-state index in [-0.39, 0.29) is 12.0 Å². The number of carbonyl (C=O) groups is 2. The summed E-state index contributed by atoms with van der Waals surface area (Å²) in [7, 11) is 1.59. The summed E-state index contributed by atoms with van der Waals surface area (Å²) in [6.45, 7) is 10.6. The number of benzene rings is 1. The molecule has 2 rings (SSSR count). The van der Waals surface area contributed by atoms with Crippen LogP contribution in [0.3, 0.4) is 0 Å². The van der Waals surface area contributed by atoms with Crippen LogP contribution in [0.5, 0.6) is 5.75 Å². The van der Waals surface area contributed by atoms with Gasteiger partial charge in [0.05, 0.1) is 7.11 Å². The zero-order chi connectivity index (χ0) is 27.3. The maximum Gasteiger partial charge on any atom is 0.344 e. The molecule has 0 aromatic heterocycles. The van der Waals surface area contributed by atoms with E-state index in [0.29, 0.717) is 0 Å². The Labute approximate surface area is 221 Å². The molecule has 5 nitrogen and oxygen atoms in total. The number of carbonyl (C=O) groups excluding carboxylic acids is 2. The summed E-state index contributed by atoms with van der Waals surface area (Å²) in [4.78, 5) is 23.7. The van der Waals surface area contributed by atoms with Gasteiger partial charge in [-0.25, -0.2) is 9.59 Å². The Morgan fingerprint density at radius 3 is 2.38 bits per heavy atom. The number of ether oxygens (including phenoxy) is 3. The van der Waals surface area contributed by atoms with Gasteiger partial charge < -0.3 is 14.2 Å². The van der Waals surface area contributed by atoms with Gasteiger partial charge >= 0.3 is 11.9 Å². The van der Waals surface area contributed by atoms with E-state index in [1.165, 1.54) is 42.1 Å². The van der Waals surface area contributed by atoms with Crippen molar-refractivity contribution in [1.82, 2.24) is 0 Å². The number of hydrogen-bond acceptors (Lipinski definition) is 5. The van der Waals surface area contributed by atoms with Crippen molar-refractivity contribution in [1.29, 1.82) is 0 Å². The average molecular weight is 505 g/mol. The molecule has 0 spiro atoms. The van der Waals surface area contributed by atoms with Gasteiger partial charge in [-0.2, -0.15) is 0 Å². The summed E-state index contributed by atoms with van der Waals surface area (Å²) in [5, 5.41) is 0. The van der Waals surface area contributed by atoms with E-state index in [0.717, 1.165) is 16.9 Å². The number of esters is 2. The standard InChI is InChI=1S/C32H40O5/c1-24(12-18-29-26(3)11-8-21-32(29,4)5)9-7-10-25(2)20-22-36-31(34)23-37-30(33)19-15-27-13-16-28(35-6)17-14-27/h7,9-10,12-20H,8,11,21-23H2,1-6H3. The van der Waals surface area contributed by atoms with E-state index in [2.05, 4.69) is 45.9 Å². The van der Waals surface area contributed by atoms with Crippen molar-refractivity contribution in [3.05, 3.63) is 94.7 Å². The second kappa shape index (κ2) is 14.8. The molecule has 1 aromatic carbocycles. The van der Waals surface area contributed by atoms with Gasteiger partial charge in [-0.1, -0.05) is 73.1 Å². The fourth-order valence-corrected chi connectivity index (χ4v) is 4.07. The molecule has 0 aliphatic heterocycles. The van der Waals surface area contributed by atoms with E-state index in [4.69, 9.17) is 14.2 Å². The van der Waals surface area contributed by atoms with Gasteiger partial charge in [0.2, 0.25) is 0 Å². The third-order valence-corrected chi connectivity index (χ3v) is 6.28. The maximum atomic E-state index is 11.8. The van der Waals surface area contributed by atoms with Crippen molar-refractivity contribution in [3.8, 4) is 5.75 Å². The lowest BCUT2D eigenvalue weighted by Gasteiger charge is -2.32. The highest BCUT2D eigenvalue weighted by Crippen LogP contribution is 2.40. The van der Waals surface area contributed by atoms with E-state index in [1.807, 2.05) is 31.2 Å². The molecule has 1 aliphatic carbocycles. The Bertz CT molecular complexity index is 1110. The van der Waals surface area contributed by atoms with Crippen molar-refractivity contribution in [2.45, 2.75) is 53.9 Å². The van der Waals surface area contributed by atoms with Gasteiger partial charge in [-0.05, 0) is 80.9 Å². The minimum Gasteiger partial charge on any atom is -0.497 e. The van der Waals surface area contributed by atoms with Gasteiger partial charge in [0.15, 0.2) is 6.61 Å². The van der Waals surface area contributed by atoms with Crippen LogP contribution in [0.15, 0.2) is 89.1 Å². The first-order valence-electron chi connectivity index (χ1n) is 12.7. The molecule has 1 aliphatic rings. The average Bonchev–Trinajstić information content (AvgIpc) is 2.85. The predicted molar refractivity (Wildman–Crippen MR) is 150 cm³/mol. The molecule has 37 heavy (non-hydrogen) atoms. The van der Waals surface area contributed by atoms with Crippen LogP contribution in [0.4, 0.5) is 0 Å². The summed E-state index contributed by atoms with van der Waals surface area (Å²) >= 11 is 0. The lowest BCUT2D eigenvalue weighted by molar-refractivity contribution is -0.155. The second-order valence-electron chi connectivity index (χ2n) is 9.88. The Morgan fingerprint density at radius 1 is 0.973 bits per heavy atom. The fourth-order valence-electron chi connectivity index (χ4n) is 4.07. The molecule has 0 heterocycles. The van der Waals surface area contributed by atoms with Gasteiger partial charge in [0.1, 0.15) is 12.4 Å². The smallest absolute Gasteiger partial charge is 0.344 e. The monoisotopic (exact) mass is 504 g/mol. The molecule has 0 radical (unpaired) electrons. The van der Waals surface area contributed by atoms with E-state index >= 15 is 0 Å². The third-order valence-electron chi connectivity index (χ3n) is 6.28. The second-order valence-corrected chi connectivity index (χ2v) is 9.88. The number of hydrogen-bond donors (Lipinski definition) is 0. The van der Waals surface area contributed by atoms with Crippen molar-refractivity contribution < 1.29 is 23.8 Å². The van der Waals surface area contributed by atoms with Crippen molar-refractivity contribution in [2.24, 2.45) is 5.41 Å². The van der Waals surface area contributed by atoms with Crippen LogP contribution in [-0.2, 0) is 19.1 Å². The van der Waals surface area contributed by atoms with Crippen LogP contribution in [0.25, 0.3) is 6.08 Å². The molecular weight excluding hydrogens is 464 g/mol. The molecular formula is C32H40O5. The number of rotatable bonds is 11. The SMILES string of the molecule is COc1ccc(C=CC(=O)OCC(=O)OCC=C(C)C=CC=C(C)C=CC2=C(C)CCCC2(C)C)cc1. The summed E-state index contributed by atoms with van der Waals surface area (Å²) in [6, 6.07) is 7.20. The third kappa shape index (κ3) is 10.9. The van der Waals surface area contributed by atoms with Crippen molar-refractivity contribution >= 4 is 18.0 Å². The predicted octanol–water partition coefficient (Wildman–Crippen LogP) is 7.33. The van der Waals surface area contributed by atoms with E-state index < -0.39 is 18.5 Å². The molecule has 0 saturated carbocycles. The Kier molecular flexibility index (Phi) is 11.9. The minimum atomic E-state index is -0.614. The molecule has 0 amide bonds. The molecule has 5 heteroatoms. The summed E-state index contributed by atoms with van der Waals surface area (Å²) in [5.41, 5.74) is 6.12. The van der Waals surface area contributed by atoms with Crippen LogP contribution < -0.4 is 4.74 Å². The van der Waals surface area contributed by atoms with Crippen LogP contribution in [-0.4, -0.2) is 32.3 Å². The highest BCUT2D eigenvalue weighted by atomic mass is 16.6. The van der Waals surface area contributed by atoms with Gasteiger partial charge in [-0.15, -0.1) is 0 Å². The lowest BCUT2D eigenvalue weighted by Crippen LogP contribution is -2.19. The molecule has 0 unspecified atom stereocenters. The highest BCUT2D eigenvalue weighted by molar-refractivity contribution is 5.88. The van der Waals surface area contributed by atoms with Gasteiger partial charge in [-0.3, -0.25) is 0 Å². The largest absolute Gasteiger partial charge is 0.497 e. The first kappa shape index (κ1) is 29.6. The summed E-state index contributed by atoms with van der Waals surface area (Å²) in [6.07, 6.45) is 18.8. The molecule has 0 atom stereocenters. The molecule has 198 valence electrons. The Balaban J connectivity index is 1.73. The topological polar surface area (TPSA) is 61.8 Å². The fraction of sp³-hybridized carbons (Fsp3) is 0.375. The van der Waals surface area contributed by atoms with Gasteiger partial charge in [0.25, 0.3) is 0 Å². The first-order valence-corrected chi connectivity index (χ1v) is 12.7. The van der Waals surface area contributed by atoms with E-state index in [1.54, 1.807) is 31.4 Å². The van der Waals surface area contributed by atoms with Crippen LogP contribution in [0, 0.1) is 5.41 Å². The normalized spacial score (nSPS) is 16.6. The Morgan fingerprint density at radius 2 is 1.70 bits per heavy atom. The molecule has 1 aromatic rings. The Hall–Kier alpha value is -3.60. The van der Waals surface area contributed by atoms with Gasteiger partial charge in [0, 0.05) is 6.08 Å². The molecule has 0 fully saturated rings.